The molecule has 0 aromatic heterocycles. The van der Waals surface area contributed by atoms with Crippen LogP contribution in [0.4, 0.5) is 5.69 Å². The van der Waals surface area contributed by atoms with Crippen molar-refractivity contribution >= 4 is 39.1 Å². The van der Waals surface area contributed by atoms with Crippen LogP contribution in [-0.2, 0) is 26.2 Å². The van der Waals surface area contributed by atoms with Gasteiger partial charge in [-0.05, 0) is 88.7 Å². The van der Waals surface area contributed by atoms with Crippen LogP contribution in [0.2, 0.25) is 5.02 Å². The predicted octanol–water partition coefficient (Wildman–Crippen LogP) is 5.27. The first-order valence-corrected chi connectivity index (χ1v) is 15.3. The van der Waals surface area contributed by atoms with Gasteiger partial charge in [0.05, 0.1) is 24.3 Å². The highest BCUT2D eigenvalue weighted by Crippen LogP contribution is 2.33. The van der Waals surface area contributed by atoms with Crippen molar-refractivity contribution in [2.45, 2.75) is 57.6 Å². The fourth-order valence-corrected chi connectivity index (χ4v) is 5.72. The van der Waals surface area contributed by atoms with E-state index in [4.69, 9.17) is 21.1 Å². The van der Waals surface area contributed by atoms with E-state index in [0.29, 0.717) is 16.5 Å². The Morgan fingerprint density at radius 1 is 0.976 bits per heavy atom. The number of rotatable bonds is 12. The molecule has 0 bridgehead atoms. The number of sulfonamides is 1. The number of para-hydroxylation sites is 2. The highest BCUT2D eigenvalue weighted by atomic mass is 35.5. The number of methoxy groups -OCH3 is 1. The number of hydrogen-bond donors (Lipinski definition) is 1. The van der Waals surface area contributed by atoms with Crippen molar-refractivity contribution in [3.8, 4) is 11.5 Å². The summed E-state index contributed by atoms with van der Waals surface area (Å²) in [4.78, 5) is 28.7. The standard InChI is InChI=1S/C31H38ClN3O6S/c1-7-41-28-11-9-8-10-27(28)35(42(38,39)26-18-14-24(32)15-19-26)21-29(36)34(22(2)30(37)33-31(3,4)5)20-23-12-16-25(40-6)17-13-23/h8-19,22H,7,20-21H2,1-6H3,(H,33,37)/t22-/m1/s1. The van der Waals surface area contributed by atoms with Gasteiger partial charge in [-0.3, -0.25) is 13.9 Å². The Hall–Kier alpha value is -3.76. The molecule has 2 amide bonds. The number of carbonyl (C=O) groups is 2. The average molecular weight is 616 g/mol. The minimum absolute atomic E-state index is 0.0498. The first-order valence-electron chi connectivity index (χ1n) is 13.5. The van der Waals surface area contributed by atoms with Gasteiger partial charge >= 0.3 is 0 Å². The van der Waals surface area contributed by atoms with Gasteiger partial charge in [-0.2, -0.15) is 0 Å². The van der Waals surface area contributed by atoms with Crippen molar-refractivity contribution in [1.29, 1.82) is 0 Å². The number of benzene rings is 3. The molecule has 11 heteroatoms. The third kappa shape index (κ3) is 8.39. The van der Waals surface area contributed by atoms with Crippen LogP contribution < -0.4 is 19.1 Å². The fraction of sp³-hybridized carbons (Fsp3) is 0.355. The van der Waals surface area contributed by atoms with Gasteiger partial charge in [0.15, 0.2) is 0 Å². The second kappa shape index (κ2) is 13.9. The Kier molecular flexibility index (Phi) is 10.9. The van der Waals surface area contributed by atoms with E-state index in [2.05, 4.69) is 5.32 Å². The monoisotopic (exact) mass is 615 g/mol. The van der Waals surface area contributed by atoms with Gasteiger partial charge in [0.25, 0.3) is 10.0 Å². The van der Waals surface area contributed by atoms with Gasteiger partial charge in [-0.25, -0.2) is 8.42 Å². The van der Waals surface area contributed by atoms with E-state index in [1.807, 2.05) is 20.8 Å². The van der Waals surface area contributed by atoms with E-state index < -0.39 is 34.1 Å². The van der Waals surface area contributed by atoms with Crippen LogP contribution in [0.5, 0.6) is 11.5 Å². The predicted molar refractivity (Wildman–Crippen MR) is 164 cm³/mol. The molecular weight excluding hydrogens is 578 g/mol. The lowest BCUT2D eigenvalue weighted by Crippen LogP contribution is -2.54. The third-order valence-corrected chi connectivity index (χ3v) is 8.32. The molecule has 0 saturated carbocycles. The Bertz CT molecular complexity index is 1470. The summed E-state index contributed by atoms with van der Waals surface area (Å²) in [5.41, 5.74) is 0.390. The van der Waals surface area contributed by atoms with E-state index in [1.54, 1.807) is 69.5 Å². The molecule has 0 saturated heterocycles. The molecular formula is C31H38ClN3O6S. The molecule has 3 rings (SSSR count). The van der Waals surface area contributed by atoms with Crippen molar-refractivity contribution in [1.82, 2.24) is 10.2 Å². The number of ether oxygens (including phenoxy) is 2. The van der Waals surface area contributed by atoms with Crippen LogP contribution in [0.25, 0.3) is 0 Å². The smallest absolute Gasteiger partial charge is 0.264 e. The second-order valence-corrected chi connectivity index (χ2v) is 13.0. The van der Waals surface area contributed by atoms with Crippen molar-refractivity contribution in [3.63, 3.8) is 0 Å². The molecule has 0 aliphatic heterocycles. The zero-order valence-electron chi connectivity index (χ0n) is 24.8. The Labute approximate surface area is 253 Å². The number of amides is 2. The Morgan fingerprint density at radius 3 is 2.17 bits per heavy atom. The molecule has 0 aliphatic rings. The molecule has 42 heavy (non-hydrogen) atoms. The molecule has 0 radical (unpaired) electrons. The molecule has 1 atom stereocenters. The molecule has 226 valence electrons. The lowest BCUT2D eigenvalue weighted by atomic mass is 10.1. The molecule has 0 unspecified atom stereocenters. The first kappa shape index (κ1) is 32.8. The summed E-state index contributed by atoms with van der Waals surface area (Å²) in [5, 5.41) is 3.28. The third-order valence-electron chi connectivity index (χ3n) is 6.29. The summed E-state index contributed by atoms with van der Waals surface area (Å²) in [7, 11) is -2.71. The minimum atomic E-state index is -4.27. The normalized spacial score (nSPS) is 12.3. The summed E-state index contributed by atoms with van der Waals surface area (Å²) in [6.07, 6.45) is 0. The van der Waals surface area contributed by atoms with Gasteiger partial charge in [-0.1, -0.05) is 35.9 Å². The molecule has 3 aromatic rings. The van der Waals surface area contributed by atoms with Crippen LogP contribution in [0, 0.1) is 0 Å². The fourth-order valence-electron chi connectivity index (χ4n) is 4.17. The highest BCUT2D eigenvalue weighted by Gasteiger charge is 2.34. The Balaban J connectivity index is 2.08. The van der Waals surface area contributed by atoms with Crippen molar-refractivity contribution in [2.75, 3.05) is 24.6 Å². The number of nitrogens with one attached hydrogen (secondary N) is 1. The molecule has 0 aliphatic carbocycles. The summed E-state index contributed by atoms with van der Waals surface area (Å²) in [6.45, 7) is 8.70. The maximum atomic E-state index is 14.1. The molecule has 0 fully saturated rings. The van der Waals surface area contributed by atoms with Gasteiger partial charge in [0.1, 0.15) is 24.1 Å². The lowest BCUT2D eigenvalue weighted by Gasteiger charge is -2.33. The van der Waals surface area contributed by atoms with Crippen LogP contribution in [-0.4, -0.2) is 57.0 Å². The highest BCUT2D eigenvalue weighted by molar-refractivity contribution is 7.92. The largest absolute Gasteiger partial charge is 0.497 e. The van der Waals surface area contributed by atoms with Crippen LogP contribution >= 0.6 is 11.6 Å². The molecule has 0 spiro atoms. The number of anilines is 1. The van der Waals surface area contributed by atoms with Crippen molar-refractivity contribution in [2.24, 2.45) is 0 Å². The van der Waals surface area contributed by atoms with Crippen LogP contribution in [0.15, 0.2) is 77.7 Å². The van der Waals surface area contributed by atoms with E-state index in [0.717, 1.165) is 9.87 Å². The zero-order valence-corrected chi connectivity index (χ0v) is 26.3. The molecule has 9 nitrogen and oxygen atoms in total. The zero-order chi connectivity index (χ0) is 31.1. The van der Waals surface area contributed by atoms with E-state index in [-0.39, 0.29) is 29.6 Å². The number of hydrogen-bond acceptors (Lipinski definition) is 6. The van der Waals surface area contributed by atoms with Crippen LogP contribution in [0.3, 0.4) is 0 Å². The van der Waals surface area contributed by atoms with Crippen molar-refractivity contribution < 1.29 is 27.5 Å². The number of carbonyl (C=O) groups excluding carboxylic acids is 2. The molecule has 1 N–H and O–H groups in total. The summed E-state index contributed by atoms with van der Waals surface area (Å²) < 4.78 is 40.1. The van der Waals surface area contributed by atoms with E-state index >= 15 is 0 Å². The lowest BCUT2D eigenvalue weighted by molar-refractivity contribution is -0.140. The number of nitrogens with zero attached hydrogens (tertiary/aromatic N) is 2. The maximum absolute atomic E-state index is 14.1. The van der Waals surface area contributed by atoms with E-state index in [1.165, 1.54) is 29.2 Å². The SMILES string of the molecule is CCOc1ccccc1N(CC(=O)N(Cc1ccc(OC)cc1)[C@H](C)C(=O)NC(C)(C)C)S(=O)(=O)c1ccc(Cl)cc1. The van der Waals surface area contributed by atoms with Gasteiger partial charge in [-0.15, -0.1) is 0 Å². The second-order valence-electron chi connectivity index (χ2n) is 10.7. The summed E-state index contributed by atoms with van der Waals surface area (Å²) in [6, 6.07) is 18.5. The van der Waals surface area contributed by atoms with Crippen molar-refractivity contribution in [3.05, 3.63) is 83.4 Å². The van der Waals surface area contributed by atoms with Gasteiger partial charge in [0, 0.05) is 17.1 Å². The molecule has 3 aromatic carbocycles. The summed E-state index contributed by atoms with van der Waals surface area (Å²) in [5.74, 6) is -0.00844. The van der Waals surface area contributed by atoms with Gasteiger partial charge in [0.2, 0.25) is 11.8 Å². The number of halogens is 1. The Morgan fingerprint density at radius 2 is 1.60 bits per heavy atom. The van der Waals surface area contributed by atoms with E-state index in [9.17, 15) is 18.0 Å². The molecule has 0 heterocycles. The van der Waals surface area contributed by atoms with Crippen LogP contribution in [0.1, 0.15) is 40.2 Å². The first-order chi connectivity index (χ1) is 19.8. The maximum Gasteiger partial charge on any atom is 0.264 e. The minimum Gasteiger partial charge on any atom is -0.497 e. The topological polar surface area (TPSA) is 105 Å². The average Bonchev–Trinajstić information content (AvgIpc) is 2.94. The summed E-state index contributed by atoms with van der Waals surface area (Å²) >= 11 is 6.02. The van der Waals surface area contributed by atoms with Gasteiger partial charge < -0.3 is 19.7 Å². The quantitative estimate of drug-likeness (QED) is 0.297.